The van der Waals surface area contributed by atoms with E-state index in [0.29, 0.717) is 0 Å². The van der Waals surface area contributed by atoms with Crippen LogP contribution in [0.5, 0.6) is 0 Å². The highest BCUT2D eigenvalue weighted by molar-refractivity contribution is 5.79. The zero-order chi connectivity index (χ0) is 12.3. The SMILES string of the molecule is CC(C)C(CN)C(=O)N1CCC(F)(F)CC1. The van der Waals surface area contributed by atoms with Gasteiger partial charge in [0.25, 0.3) is 5.92 Å². The molecular weight excluding hydrogens is 214 g/mol. The monoisotopic (exact) mass is 234 g/mol. The summed E-state index contributed by atoms with van der Waals surface area (Å²) in [5.74, 6) is -2.77. The third kappa shape index (κ3) is 3.14. The minimum absolute atomic E-state index is 0.0759. The first kappa shape index (κ1) is 13.4. The summed E-state index contributed by atoms with van der Waals surface area (Å²) in [7, 11) is 0. The largest absolute Gasteiger partial charge is 0.342 e. The van der Waals surface area contributed by atoms with Gasteiger partial charge in [-0.15, -0.1) is 0 Å². The van der Waals surface area contributed by atoms with Crippen molar-refractivity contribution >= 4 is 5.91 Å². The Morgan fingerprint density at radius 3 is 2.25 bits per heavy atom. The van der Waals surface area contributed by atoms with Crippen LogP contribution in [0.2, 0.25) is 0 Å². The summed E-state index contributed by atoms with van der Waals surface area (Å²) in [4.78, 5) is 13.5. The van der Waals surface area contributed by atoms with Crippen LogP contribution in [0.3, 0.4) is 0 Å². The number of piperidine rings is 1. The van der Waals surface area contributed by atoms with Crippen molar-refractivity contribution in [2.75, 3.05) is 19.6 Å². The molecule has 1 aliphatic rings. The molecule has 1 saturated heterocycles. The molecule has 94 valence electrons. The van der Waals surface area contributed by atoms with E-state index in [0.717, 1.165) is 0 Å². The molecular formula is C11H20F2N2O. The quantitative estimate of drug-likeness (QED) is 0.804. The van der Waals surface area contributed by atoms with Gasteiger partial charge in [0.1, 0.15) is 0 Å². The van der Waals surface area contributed by atoms with Crippen molar-refractivity contribution in [3.63, 3.8) is 0 Å². The van der Waals surface area contributed by atoms with Crippen molar-refractivity contribution in [1.29, 1.82) is 0 Å². The number of nitrogens with two attached hydrogens (primary N) is 1. The van der Waals surface area contributed by atoms with Crippen LogP contribution in [0.25, 0.3) is 0 Å². The number of carbonyl (C=O) groups is 1. The fraction of sp³-hybridized carbons (Fsp3) is 0.909. The molecule has 1 aliphatic heterocycles. The number of alkyl halides is 2. The van der Waals surface area contributed by atoms with Crippen LogP contribution in [-0.2, 0) is 4.79 Å². The summed E-state index contributed by atoms with van der Waals surface area (Å²) in [5, 5.41) is 0. The topological polar surface area (TPSA) is 46.3 Å². The molecule has 0 spiro atoms. The van der Waals surface area contributed by atoms with E-state index in [9.17, 15) is 13.6 Å². The zero-order valence-electron chi connectivity index (χ0n) is 9.88. The molecule has 0 radical (unpaired) electrons. The minimum Gasteiger partial charge on any atom is -0.342 e. The van der Waals surface area contributed by atoms with Gasteiger partial charge in [-0.3, -0.25) is 4.79 Å². The Morgan fingerprint density at radius 2 is 1.88 bits per heavy atom. The smallest absolute Gasteiger partial charge is 0.251 e. The molecule has 1 heterocycles. The lowest BCUT2D eigenvalue weighted by Crippen LogP contribution is -2.47. The maximum absolute atomic E-state index is 12.9. The van der Waals surface area contributed by atoms with Crippen molar-refractivity contribution in [2.24, 2.45) is 17.6 Å². The van der Waals surface area contributed by atoms with Crippen LogP contribution in [0.15, 0.2) is 0 Å². The second-order valence-electron chi connectivity index (χ2n) is 4.77. The lowest BCUT2D eigenvalue weighted by atomic mass is 9.93. The van der Waals surface area contributed by atoms with E-state index in [2.05, 4.69) is 0 Å². The number of hydrogen-bond acceptors (Lipinski definition) is 2. The second kappa shape index (κ2) is 5.08. The highest BCUT2D eigenvalue weighted by Gasteiger charge is 2.37. The molecule has 3 nitrogen and oxygen atoms in total. The Morgan fingerprint density at radius 1 is 1.38 bits per heavy atom. The fourth-order valence-corrected chi connectivity index (χ4v) is 1.95. The molecule has 2 N–H and O–H groups in total. The van der Waals surface area contributed by atoms with Crippen molar-refractivity contribution in [3.05, 3.63) is 0 Å². The molecule has 0 saturated carbocycles. The van der Waals surface area contributed by atoms with Gasteiger partial charge in [0, 0.05) is 32.5 Å². The van der Waals surface area contributed by atoms with Crippen LogP contribution < -0.4 is 5.73 Å². The molecule has 0 bridgehead atoms. The van der Waals surface area contributed by atoms with Crippen molar-refractivity contribution < 1.29 is 13.6 Å². The average Bonchev–Trinajstić information content (AvgIpc) is 2.17. The summed E-state index contributed by atoms with van der Waals surface area (Å²) in [5.41, 5.74) is 5.54. The van der Waals surface area contributed by atoms with Gasteiger partial charge in [-0.05, 0) is 5.92 Å². The number of carbonyl (C=O) groups excluding carboxylic acids is 1. The first-order valence-electron chi connectivity index (χ1n) is 5.74. The molecule has 1 unspecified atom stereocenters. The highest BCUT2D eigenvalue weighted by Crippen LogP contribution is 2.28. The van der Waals surface area contributed by atoms with Gasteiger partial charge in [-0.25, -0.2) is 8.78 Å². The van der Waals surface area contributed by atoms with Gasteiger partial charge in [0.2, 0.25) is 5.91 Å². The predicted molar refractivity (Wildman–Crippen MR) is 58.1 cm³/mol. The number of hydrogen-bond donors (Lipinski definition) is 1. The number of halogens is 2. The molecule has 1 amide bonds. The first-order chi connectivity index (χ1) is 7.37. The molecule has 1 atom stereocenters. The predicted octanol–water partition coefficient (Wildman–Crippen LogP) is 1.47. The summed E-state index contributed by atoms with van der Waals surface area (Å²) < 4.78 is 25.8. The van der Waals surface area contributed by atoms with E-state index in [1.54, 1.807) is 0 Å². The molecule has 0 aliphatic carbocycles. The third-order valence-electron chi connectivity index (χ3n) is 3.18. The van der Waals surface area contributed by atoms with Gasteiger partial charge in [0.05, 0.1) is 5.92 Å². The molecule has 16 heavy (non-hydrogen) atoms. The maximum Gasteiger partial charge on any atom is 0.251 e. The summed E-state index contributed by atoms with van der Waals surface area (Å²) in [6.45, 7) is 4.43. The summed E-state index contributed by atoms with van der Waals surface area (Å²) in [6.07, 6.45) is -0.456. The highest BCUT2D eigenvalue weighted by atomic mass is 19.3. The lowest BCUT2D eigenvalue weighted by molar-refractivity contribution is -0.142. The Bertz CT molecular complexity index is 246. The molecule has 0 aromatic carbocycles. The van der Waals surface area contributed by atoms with E-state index in [4.69, 9.17) is 5.73 Å². The van der Waals surface area contributed by atoms with Gasteiger partial charge in [-0.1, -0.05) is 13.8 Å². The summed E-state index contributed by atoms with van der Waals surface area (Å²) >= 11 is 0. The number of likely N-dealkylation sites (tertiary alicyclic amines) is 1. The van der Waals surface area contributed by atoms with E-state index in [-0.39, 0.29) is 50.2 Å². The van der Waals surface area contributed by atoms with Crippen LogP contribution in [0.4, 0.5) is 8.78 Å². The first-order valence-corrected chi connectivity index (χ1v) is 5.74. The van der Waals surface area contributed by atoms with Crippen molar-refractivity contribution in [3.8, 4) is 0 Å². The second-order valence-corrected chi connectivity index (χ2v) is 4.77. The number of nitrogens with zero attached hydrogens (tertiary/aromatic N) is 1. The standard InChI is InChI=1S/C11H20F2N2O/c1-8(2)9(7-14)10(16)15-5-3-11(12,13)4-6-15/h8-9H,3-7,14H2,1-2H3. The van der Waals surface area contributed by atoms with Crippen molar-refractivity contribution in [1.82, 2.24) is 4.90 Å². The maximum atomic E-state index is 12.9. The Kier molecular flexibility index (Phi) is 4.24. The molecule has 0 aromatic heterocycles. The molecule has 1 fully saturated rings. The number of rotatable bonds is 3. The minimum atomic E-state index is -2.60. The Hall–Kier alpha value is -0.710. The van der Waals surface area contributed by atoms with Crippen molar-refractivity contribution in [2.45, 2.75) is 32.6 Å². The average molecular weight is 234 g/mol. The van der Waals surface area contributed by atoms with E-state index < -0.39 is 5.92 Å². The normalized spacial score (nSPS) is 22.2. The molecule has 0 aromatic rings. The molecule has 5 heteroatoms. The van der Waals surface area contributed by atoms with Gasteiger partial charge >= 0.3 is 0 Å². The van der Waals surface area contributed by atoms with Crippen LogP contribution in [-0.4, -0.2) is 36.4 Å². The van der Waals surface area contributed by atoms with Gasteiger partial charge in [-0.2, -0.15) is 0 Å². The fourth-order valence-electron chi connectivity index (χ4n) is 1.95. The van der Waals surface area contributed by atoms with Crippen LogP contribution in [0, 0.1) is 11.8 Å². The summed E-state index contributed by atoms with van der Waals surface area (Å²) in [6, 6.07) is 0. The lowest BCUT2D eigenvalue weighted by Gasteiger charge is -2.34. The Balaban J connectivity index is 2.56. The third-order valence-corrected chi connectivity index (χ3v) is 3.18. The van der Waals surface area contributed by atoms with Gasteiger partial charge in [0.15, 0.2) is 0 Å². The zero-order valence-corrected chi connectivity index (χ0v) is 9.88. The van der Waals surface area contributed by atoms with E-state index in [1.807, 2.05) is 13.8 Å². The van der Waals surface area contributed by atoms with E-state index >= 15 is 0 Å². The number of amides is 1. The Labute approximate surface area is 95.0 Å². The molecule has 1 rings (SSSR count). The van der Waals surface area contributed by atoms with E-state index in [1.165, 1.54) is 4.90 Å². The van der Waals surface area contributed by atoms with Crippen LogP contribution in [0.1, 0.15) is 26.7 Å². The van der Waals surface area contributed by atoms with Crippen LogP contribution >= 0.6 is 0 Å². The van der Waals surface area contributed by atoms with Gasteiger partial charge < -0.3 is 10.6 Å².